The standard InChI is InChI=1S/C10H18ClNO/c1-10(2)9-12(7-8-13-10)6-4-3-5-11/h3-4H,5-9H2,1-2H3/b4-3+. The fourth-order valence-corrected chi connectivity index (χ4v) is 1.68. The number of allylic oxidation sites excluding steroid dienone is 1. The predicted molar refractivity (Wildman–Crippen MR) is 56.3 cm³/mol. The minimum atomic E-state index is 0.00700. The fourth-order valence-electron chi connectivity index (χ4n) is 1.56. The second-order valence-corrected chi connectivity index (χ2v) is 4.28. The minimum Gasteiger partial charge on any atom is -0.373 e. The summed E-state index contributed by atoms with van der Waals surface area (Å²) in [6.07, 6.45) is 4.11. The summed E-state index contributed by atoms with van der Waals surface area (Å²) < 4.78 is 5.61. The van der Waals surface area contributed by atoms with Crippen molar-refractivity contribution in [2.75, 3.05) is 32.1 Å². The molecule has 1 aliphatic heterocycles. The van der Waals surface area contributed by atoms with Gasteiger partial charge in [0.1, 0.15) is 0 Å². The van der Waals surface area contributed by atoms with Gasteiger partial charge in [0.2, 0.25) is 0 Å². The Morgan fingerprint density at radius 3 is 2.85 bits per heavy atom. The van der Waals surface area contributed by atoms with Crippen LogP contribution in [0.1, 0.15) is 13.8 Å². The van der Waals surface area contributed by atoms with E-state index in [-0.39, 0.29) is 5.60 Å². The molecule has 0 amide bonds. The van der Waals surface area contributed by atoms with Crippen molar-refractivity contribution in [3.8, 4) is 0 Å². The van der Waals surface area contributed by atoms with Gasteiger partial charge >= 0.3 is 0 Å². The van der Waals surface area contributed by atoms with E-state index in [9.17, 15) is 0 Å². The fraction of sp³-hybridized carbons (Fsp3) is 0.800. The van der Waals surface area contributed by atoms with E-state index in [1.807, 2.05) is 6.08 Å². The molecule has 2 nitrogen and oxygen atoms in total. The summed E-state index contributed by atoms with van der Waals surface area (Å²) in [5, 5.41) is 0. The summed E-state index contributed by atoms with van der Waals surface area (Å²) in [7, 11) is 0. The molecule has 13 heavy (non-hydrogen) atoms. The first-order chi connectivity index (χ1) is 6.14. The van der Waals surface area contributed by atoms with Crippen LogP contribution >= 0.6 is 11.6 Å². The van der Waals surface area contributed by atoms with Crippen LogP contribution in [0.5, 0.6) is 0 Å². The molecule has 1 heterocycles. The second-order valence-electron chi connectivity index (χ2n) is 3.97. The first-order valence-corrected chi connectivity index (χ1v) is 5.25. The van der Waals surface area contributed by atoms with Gasteiger partial charge in [-0.1, -0.05) is 12.2 Å². The summed E-state index contributed by atoms with van der Waals surface area (Å²) in [4.78, 5) is 2.38. The van der Waals surface area contributed by atoms with E-state index in [2.05, 4.69) is 24.8 Å². The van der Waals surface area contributed by atoms with Crippen molar-refractivity contribution < 1.29 is 4.74 Å². The second kappa shape index (κ2) is 4.99. The van der Waals surface area contributed by atoms with Gasteiger partial charge in [-0.05, 0) is 13.8 Å². The third kappa shape index (κ3) is 4.12. The van der Waals surface area contributed by atoms with Gasteiger partial charge in [-0.2, -0.15) is 0 Å². The SMILES string of the molecule is CC1(C)CN(C/C=C/CCl)CCO1. The van der Waals surface area contributed by atoms with Gasteiger partial charge in [-0.3, -0.25) is 4.90 Å². The zero-order chi connectivity index (χ0) is 9.73. The van der Waals surface area contributed by atoms with Crippen LogP contribution in [0.2, 0.25) is 0 Å². The zero-order valence-corrected chi connectivity index (χ0v) is 9.18. The van der Waals surface area contributed by atoms with E-state index in [0.29, 0.717) is 5.88 Å². The number of halogens is 1. The Balaban J connectivity index is 2.30. The average molecular weight is 204 g/mol. The largest absolute Gasteiger partial charge is 0.373 e. The van der Waals surface area contributed by atoms with Crippen LogP contribution in [0.15, 0.2) is 12.2 Å². The van der Waals surface area contributed by atoms with Crippen molar-refractivity contribution in [1.29, 1.82) is 0 Å². The topological polar surface area (TPSA) is 12.5 Å². The predicted octanol–water partition coefficient (Wildman–Crippen LogP) is 1.89. The molecule has 0 saturated carbocycles. The number of morpholine rings is 1. The first-order valence-electron chi connectivity index (χ1n) is 4.71. The van der Waals surface area contributed by atoms with Crippen molar-refractivity contribution in [2.45, 2.75) is 19.4 Å². The molecule has 0 radical (unpaired) electrons. The van der Waals surface area contributed by atoms with E-state index in [1.165, 1.54) is 0 Å². The molecule has 76 valence electrons. The number of rotatable bonds is 3. The third-order valence-corrected chi connectivity index (χ3v) is 2.30. The van der Waals surface area contributed by atoms with E-state index in [4.69, 9.17) is 16.3 Å². The Morgan fingerprint density at radius 2 is 2.23 bits per heavy atom. The van der Waals surface area contributed by atoms with E-state index < -0.39 is 0 Å². The Morgan fingerprint density at radius 1 is 1.46 bits per heavy atom. The van der Waals surface area contributed by atoms with Crippen LogP contribution in [0.3, 0.4) is 0 Å². The van der Waals surface area contributed by atoms with E-state index >= 15 is 0 Å². The molecule has 0 aromatic carbocycles. The molecular weight excluding hydrogens is 186 g/mol. The molecule has 0 unspecified atom stereocenters. The van der Waals surface area contributed by atoms with Crippen molar-refractivity contribution in [2.24, 2.45) is 0 Å². The summed E-state index contributed by atoms with van der Waals surface area (Å²) in [5.74, 6) is 0.605. The Labute approximate surface area is 85.5 Å². The molecule has 0 aliphatic carbocycles. The number of nitrogens with zero attached hydrogens (tertiary/aromatic N) is 1. The number of hydrogen-bond donors (Lipinski definition) is 0. The normalized spacial score (nSPS) is 23.9. The average Bonchev–Trinajstić information content (AvgIpc) is 2.03. The Hall–Kier alpha value is -0.0500. The first kappa shape index (κ1) is 11.0. The van der Waals surface area contributed by atoms with E-state index in [0.717, 1.165) is 26.2 Å². The highest BCUT2D eigenvalue weighted by molar-refractivity contribution is 6.18. The zero-order valence-electron chi connectivity index (χ0n) is 8.42. The molecule has 1 fully saturated rings. The molecule has 3 heteroatoms. The maximum Gasteiger partial charge on any atom is 0.0753 e. The lowest BCUT2D eigenvalue weighted by atomic mass is 10.1. The van der Waals surface area contributed by atoms with Gasteiger partial charge in [0.05, 0.1) is 12.2 Å². The number of hydrogen-bond acceptors (Lipinski definition) is 2. The molecule has 1 saturated heterocycles. The van der Waals surface area contributed by atoms with Crippen molar-refractivity contribution in [1.82, 2.24) is 4.90 Å². The van der Waals surface area contributed by atoms with Crippen molar-refractivity contribution in [3.63, 3.8) is 0 Å². The molecular formula is C10H18ClNO. The highest BCUT2D eigenvalue weighted by Gasteiger charge is 2.26. The Kier molecular flexibility index (Phi) is 4.23. The number of alkyl halides is 1. The molecule has 1 rings (SSSR count). The van der Waals surface area contributed by atoms with Crippen LogP contribution < -0.4 is 0 Å². The number of ether oxygens (including phenoxy) is 1. The van der Waals surface area contributed by atoms with Crippen molar-refractivity contribution in [3.05, 3.63) is 12.2 Å². The lowest BCUT2D eigenvalue weighted by Crippen LogP contribution is -2.48. The molecule has 0 atom stereocenters. The van der Waals surface area contributed by atoms with Gasteiger partial charge in [0, 0.05) is 25.5 Å². The molecule has 0 N–H and O–H groups in total. The maximum atomic E-state index is 5.61. The summed E-state index contributed by atoms with van der Waals surface area (Å²) in [5.41, 5.74) is 0.00700. The third-order valence-electron chi connectivity index (χ3n) is 2.12. The Bertz CT molecular complexity index is 180. The van der Waals surface area contributed by atoms with Gasteiger partial charge in [0.15, 0.2) is 0 Å². The molecule has 0 aromatic heterocycles. The highest BCUT2D eigenvalue weighted by Crippen LogP contribution is 2.15. The van der Waals surface area contributed by atoms with Gasteiger partial charge in [0.25, 0.3) is 0 Å². The van der Waals surface area contributed by atoms with Crippen LogP contribution in [-0.4, -0.2) is 42.6 Å². The van der Waals surface area contributed by atoms with E-state index in [1.54, 1.807) is 0 Å². The van der Waals surface area contributed by atoms with Gasteiger partial charge in [-0.25, -0.2) is 0 Å². The molecule has 0 spiro atoms. The summed E-state index contributed by atoms with van der Waals surface area (Å²) >= 11 is 5.55. The lowest BCUT2D eigenvalue weighted by Gasteiger charge is -2.37. The van der Waals surface area contributed by atoms with Crippen molar-refractivity contribution >= 4 is 11.6 Å². The molecule has 1 aliphatic rings. The molecule has 0 aromatic rings. The maximum absolute atomic E-state index is 5.61. The lowest BCUT2D eigenvalue weighted by molar-refractivity contribution is -0.0829. The monoisotopic (exact) mass is 203 g/mol. The summed E-state index contributed by atoms with van der Waals surface area (Å²) in [6.45, 7) is 8.10. The van der Waals surface area contributed by atoms with Crippen LogP contribution in [0.25, 0.3) is 0 Å². The highest BCUT2D eigenvalue weighted by atomic mass is 35.5. The van der Waals surface area contributed by atoms with Crippen LogP contribution in [0.4, 0.5) is 0 Å². The summed E-state index contributed by atoms with van der Waals surface area (Å²) in [6, 6.07) is 0. The van der Waals surface area contributed by atoms with Crippen LogP contribution in [-0.2, 0) is 4.74 Å². The van der Waals surface area contributed by atoms with Gasteiger partial charge in [-0.15, -0.1) is 11.6 Å². The minimum absolute atomic E-state index is 0.00700. The quantitative estimate of drug-likeness (QED) is 0.513. The van der Waals surface area contributed by atoms with Gasteiger partial charge < -0.3 is 4.74 Å². The van der Waals surface area contributed by atoms with Crippen LogP contribution in [0, 0.1) is 0 Å². The molecule has 0 bridgehead atoms. The smallest absolute Gasteiger partial charge is 0.0753 e.